The Morgan fingerprint density at radius 3 is 2.40 bits per heavy atom. The SMILES string of the molecule is CCc1ccc(-c2ccc(CCl)c(=O)n2C2CC2)cc1. The van der Waals surface area contributed by atoms with Crippen LogP contribution in [-0.2, 0) is 12.3 Å². The van der Waals surface area contributed by atoms with E-state index in [0.717, 1.165) is 30.5 Å². The molecule has 0 atom stereocenters. The molecule has 0 aliphatic heterocycles. The van der Waals surface area contributed by atoms with Crippen LogP contribution >= 0.6 is 11.6 Å². The summed E-state index contributed by atoms with van der Waals surface area (Å²) in [5, 5.41) is 0. The van der Waals surface area contributed by atoms with Gasteiger partial charge in [0.2, 0.25) is 0 Å². The van der Waals surface area contributed by atoms with E-state index in [1.165, 1.54) is 5.56 Å². The quantitative estimate of drug-likeness (QED) is 0.774. The summed E-state index contributed by atoms with van der Waals surface area (Å²) in [5.74, 6) is 0.278. The largest absolute Gasteiger partial charge is 0.305 e. The fourth-order valence-corrected chi connectivity index (χ4v) is 2.74. The van der Waals surface area contributed by atoms with Crippen molar-refractivity contribution in [3.63, 3.8) is 0 Å². The molecule has 0 unspecified atom stereocenters. The normalized spacial score (nSPS) is 14.5. The van der Waals surface area contributed by atoms with Crippen molar-refractivity contribution in [2.24, 2.45) is 0 Å². The summed E-state index contributed by atoms with van der Waals surface area (Å²) in [4.78, 5) is 12.5. The van der Waals surface area contributed by atoms with Crippen LogP contribution in [0.1, 0.15) is 36.9 Å². The Hall–Kier alpha value is -1.54. The third-order valence-corrected chi connectivity index (χ3v) is 4.20. The number of halogens is 1. The number of aryl methyl sites for hydroxylation is 1. The van der Waals surface area contributed by atoms with Crippen LogP contribution in [-0.4, -0.2) is 4.57 Å². The second-order valence-electron chi connectivity index (χ2n) is 5.33. The van der Waals surface area contributed by atoms with E-state index in [9.17, 15) is 4.79 Å². The standard InChI is InChI=1S/C17H18ClNO/c1-2-12-3-5-13(6-4-12)16-10-7-14(11-18)17(20)19(16)15-8-9-15/h3-7,10,15H,2,8-9,11H2,1H3. The van der Waals surface area contributed by atoms with Crippen molar-refractivity contribution in [2.75, 3.05) is 0 Å². The summed E-state index contributed by atoms with van der Waals surface area (Å²) >= 11 is 5.85. The minimum absolute atomic E-state index is 0.0690. The highest BCUT2D eigenvalue weighted by Gasteiger charge is 2.27. The summed E-state index contributed by atoms with van der Waals surface area (Å²) in [5.41, 5.74) is 4.18. The van der Waals surface area contributed by atoms with E-state index in [0.29, 0.717) is 11.6 Å². The molecule has 0 bridgehead atoms. The van der Waals surface area contributed by atoms with Crippen molar-refractivity contribution in [1.82, 2.24) is 4.57 Å². The van der Waals surface area contributed by atoms with E-state index in [1.54, 1.807) is 0 Å². The predicted molar refractivity (Wildman–Crippen MR) is 83.3 cm³/mol. The molecule has 20 heavy (non-hydrogen) atoms. The molecule has 3 heteroatoms. The summed E-state index contributed by atoms with van der Waals surface area (Å²) in [6.07, 6.45) is 3.21. The number of hydrogen-bond acceptors (Lipinski definition) is 1. The van der Waals surface area contributed by atoms with Crippen molar-refractivity contribution in [3.05, 3.63) is 57.9 Å². The van der Waals surface area contributed by atoms with Gasteiger partial charge in [-0.1, -0.05) is 37.3 Å². The minimum atomic E-state index is 0.0690. The second-order valence-corrected chi connectivity index (χ2v) is 5.60. The highest BCUT2D eigenvalue weighted by atomic mass is 35.5. The molecule has 1 saturated carbocycles. The van der Waals surface area contributed by atoms with Gasteiger partial charge in [0.05, 0.1) is 11.6 Å². The molecule has 2 nitrogen and oxygen atoms in total. The van der Waals surface area contributed by atoms with Crippen LogP contribution in [0.3, 0.4) is 0 Å². The number of aromatic nitrogens is 1. The third kappa shape index (κ3) is 2.40. The minimum Gasteiger partial charge on any atom is -0.305 e. The number of benzene rings is 1. The maximum Gasteiger partial charge on any atom is 0.255 e. The summed E-state index contributed by atoms with van der Waals surface area (Å²) in [6.45, 7) is 2.14. The third-order valence-electron chi connectivity index (χ3n) is 3.91. The van der Waals surface area contributed by atoms with Crippen LogP contribution in [0.5, 0.6) is 0 Å². The molecule has 0 spiro atoms. The smallest absolute Gasteiger partial charge is 0.255 e. The maximum absolute atomic E-state index is 12.5. The van der Waals surface area contributed by atoms with Crippen LogP contribution in [0.25, 0.3) is 11.3 Å². The van der Waals surface area contributed by atoms with E-state index in [4.69, 9.17) is 11.6 Å². The number of nitrogens with zero attached hydrogens (tertiary/aromatic N) is 1. The summed E-state index contributed by atoms with van der Waals surface area (Å²) in [7, 11) is 0. The lowest BCUT2D eigenvalue weighted by molar-refractivity contribution is 0.709. The van der Waals surface area contributed by atoms with Gasteiger partial charge in [-0.25, -0.2) is 0 Å². The highest BCUT2D eigenvalue weighted by Crippen LogP contribution is 2.37. The molecular weight excluding hydrogens is 270 g/mol. The first-order chi connectivity index (χ1) is 9.74. The average molecular weight is 288 g/mol. The molecule has 1 aromatic heterocycles. The van der Waals surface area contributed by atoms with Crippen molar-refractivity contribution >= 4 is 11.6 Å². The lowest BCUT2D eigenvalue weighted by atomic mass is 10.1. The maximum atomic E-state index is 12.5. The molecule has 0 radical (unpaired) electrons. The van der Waals surface area contributed by atoms with Crippen LogP contribution in [0, 0.1) is 0 Å². The number of pyridine rings is 1. The zero-order valence-electron chi connectivity index (χ0n) is 11.6. The van der Waals surface area contributed by atoms with Gasteiger partial charge in [-0.05, 0) is 36.5 Å². The Labute approximate surface area is 124 Å². The number of rotatable bonds is 4. The van der Waals surface area contributed by atoms with Crippen molar-refractivity contribution in [3.8, 4) is 11.3 Å². The first-order valence-electron chi connectivity index (χ1n) is 7.14. The van der Waals surface area contributed by atoms with Gasteiger partial charge in [0.15, 0.2) is 0 Å². The lowest BCUT2D eigenvalue weighted by Gasteiger charge is -2.14. The molecule has 0 N–H and O–H groups in total. The molecule has 3 rings (SSSR count). The van der Waals surface area contributed by atoms with Crippen molar-refractivity contribution < 1.29 is 0 Å². The molecule has 2 aromatic rings. The Balaban J connectivity index is 2.12. The Morgan fingerprint density at radius 1 is 1.15 bits per heavy atom. The molecule has 1 fully saturated rings. The van der Waals surface area contributed by atoms with Gasteiger partial charge in [-0.2, -0.15) is 0 Å². The van der Waals surface area contributed by atoms with Gasteiger partial charge in [-0.3, -0.25) is 4.79 Å². The van der Waals surface area contributed by atoms with Gasteiger partial charge in [0, 0.05) is 11.6 Å². The monoisotopic (exact) mass is 287 g/mol. The molecular formula is C17H18ClNO. The van der Waals surface area contributed by atoms with Gasteiger partial charge < -0.3 is 4.57 Å². The lowest BCUT2D eigenvalue weighted by Crippen LogP contribution is -2.23. The first-order valence-corrected chi connectivity index (χ1v) is 7.67. The molecule has 0 saturated heterocycles. The Kier molecular flexibility index (Phi) is 3.66. The molecule has 1 aliphatic carbocycles. The Bertz CT molecular complexity index is 668. The average Bonchev–Trinajstić information content (AvgIpc) is 3.31. The molecule has 1 aliphatic rings. The van der Waals surface area contributed by atoms with E-state index in [-0.39, 0.29) is 11.4 Å². The summed E-state index contributed by atoms with van der Waals surface area (Å²) < 4.78 is 1.93. The van der Waals surface area contributed by atoms with Gasteiger partial charge in [-0.15, -0.1) is 11.6 Å². The zero-order valence-corrected chi connectivity index (χ0v) is 12.4. The zero-order chi connectivity index (χ0) is 14.1. The highest BCUT2D eigenvalue weighted by molar-refractivity contribution is 6.17. The first kappa shape index (κ1) is 13.4. The van der Waals surface area contributed by atoms with Crippen LogP contribution < -0.4 is 5.56 Å². The molecule has 0 amide bonds. The van der Waals surface area contributed by atoms with Gasteiger partial charge >= 0.3 is 0 Å². The molecule has 1 heterocycles. The van der Waals surface area contributed by atoms with Crippen molar-refractivity contribution in [1.29, 1.82) is 0 Å². The fraction of sp³-hybridized carbons (Fsp3) is 0.353. The van der Waals surface area contributed by atoms with Crippen LogP contribution in [0.4, 0.5) is 0 Å². The number of hydrogen-bond donors (Lipinski definition) is 0. The van der Waals surface area contributed by atoms with Crippen LogP contribution in [0.15, 0.2) is 41.2 Å². The summed E-state index contributed by atoms with van der Waals surface area (Å²) in [6, 6.07) is 12.7. The van der Waals surface area contributed by atoms with Gasteiger partial charge in [0.1, 0.15) is 0 Å². The van der Waals surface area contributed by atoms with Crippen LogP contribution in [0.2, 0.25) is 0 Å². The van der Waals surface area contributed by atoms with E-state index in [2.05, 4.69) is 31.2 Å². The topological polar surface area (TPSA) is 22.0 Å². The van der Waals surface area contributed by atoms with Crippen molar-refractivity contribution in [2.45, 2.75) is 38.1 Å². The Morgan fingerprint density at radius 2 is 1.85 bits per heavy atom. The fourth-order valence-electron chi connectivity index (χ4n) is 2.54. The molecule has 1 aromatic carbocycles. The molecule has 104 valence electrons. The van der Waals surface area contributed by atoms with Gasteiger partial charge in [0.25, 0.3) is 5.56 Å². The predicted octanol–water partition coefficient (Wildman–Crippen LogP) is 4.15. The van der Waals surface area contributed by atoms with E-state index < -0.39 is 0 Å². The van der Waals surface area contributed by atoms with E-state index in [1.807, 2.05) is 16.7 Å². The van der Waals surface area contributed by atoms with E-state index >= 15 is 0 Å². The number of alkyl halides is 1. The second kappa shape index (κ2) is 5.45.